The SMILES string of the molecule is CNC(=S)NCc1c(C)c(CNC(=S)NC)c(C)c(CNC(=S)NC)c1C. The van der Waals surface area contributed by atoms with Crippen molar-refractivity contribution in [3.05, 3.63) is 33.4 Å². The molecule has 0 aliphatic carbocycles. The summed E-state index contributed by atoms with van der Waals surface area (Å²) >= 11 is 15.7. The molecule has 0 radical (unpaired) electrons. The third kappa shape index (κ3) is 6.44. The average molecular weight is 427 g/mol. The Morgan fingerprint density at radius 2 is 0.778 bits per heavy atom. The van der Waals surface area contributed by atoms with Gasteiger partial charge in [0.05, 0.1) is 0 Å². The number of benzene rings is 1. The van der Waals surface area contributed by atoms with E-state index in [-0.39, 0.29) is 0 Å². The topological polar surface area (TPSA) is 72.2 Å². The van der Waals surface area contributed by atoms with Crippen molar-refractivity contribution in [1.29, 1.82) is 0 Å². The van der Waals surface area contributed by atoms with Crippen LogP contribution in [0.15, 0.2) is 0 Å². The smallest absolute Gasteiger partial charge is 0.166 e. The first kappa shape index (κ1) is 23.3. The van der Waals surface area contributed by atoms with Crippen LogP contribution in [0.1, 0.15) is 33.4 Å². The van der Waals surface area contributed by atoms with Gasteiger partial charge in [-0.3, -0.25) is 0 Å². The summed E-state index contributed by atoms with van der Waals surface area (Å²) in [6.07, 6.45) is 0. The lowest BCUT2D eigenvalue weighted by Gasteiger charge is -2.24. The molecule has 0 fully saturated rings. The monoisotopic (exact) mass is 426 g/mol. The summed E-state index contributed by atoms with van der Waals surface area (Å²) in [4.78, 5) is 0. The van der Waals surface area contributed by atoms with Crippen molar-refractivity contribution >= 4 is 52.0 Å². The van der Waals surface area contributed by atoms with E-state index in [0.717, 1.165) is 0 Å². The molecular weight excluding hydrogens is 396 g/mol. The van der Waals surface area contributed by atoms with Gasteiger partial charge in [-0.2, -0.15) is 0 Å². The van der Waals surface area contributed by atoms with Crippen molar-refractivity contribution in [1.82, 2.24) is 31.9 Å². The summed E-state index contributed by atoms with van der Waals surface area (Å²) in [6, 6.07) is 0. The molecule has 0 aliphatic heterocycles. The zero-order valence-corrected chi connectivity index (χ0v) is 19.3. The zero-order valence-electron chi connectivity index (χ0n) is 16.8. The lowest BCUT2D eigenvalue weighted by molar-refractivity contribution is 0.811. The molecule has 1 aromatic rings. The quantitative estimate of drug-likeness (QED) is 0.379. The molecule has 0 aromatic heterocycles. The van der Waals surface area contributed by atoms with Crippen LogP contribution in [0.2, 0.25) is 0 Å². The van der Waals surface area contributed by atoms with E-state index in [9.17, 15) is 0 Å². The standard InChI is InChI=1S/C18H30N6S3/c1-10-13(7-22-16(25)19-4)11(2)15(9-24-18(27)21-6)12(3)14(10)8-23-17(26)20-5/h7-9H2,1-6H3,(H2,19,22,25)(H2,20,23,26)(H2,21,24,27). The van der Waals surface area contributed by atoms with Crippen LogP contribution in [-0.2, 0) is 19.6 Å². The van der Waals surface area contributed by atoms with Crippen LogP contribution in [0.3, 0.4) is 0 Å². The highest BCUT2D eigenvalue weighted by Gasteiger charge is 2.17. The van der Waals surface area contributed by atoms with Crippen LogP contribution < -0.4 is 31.9 Å². The maximum atomic E-state index is 5.24. The normalized spacial score (nSPS) is 10.0. The fourth-order valence-corrected chi connectivity index (χ4v) is 3.17. The third-order valence-electron chi connectivity index (χ3n) is 4.67. The molecule has 0 saturated carbocycles. The minimum Gasteiger partial charge on any atom is -0.366 e. The Labute approximate surface area is 178 Å². The Morgan fingerprint density at radius 1 is 0.556 bits per heavy atom. The van der Waals surface area contributed by atoms with Crippen molar-refractivity contribution in [3.8, 4) is 0 Å². The Morgan fingerprint density at radius 3 is 0.963 bits per heavy atom. The van der Waals surface area contributed by atoms with Crippen LogP contribution in [0, 0.1) is 20.8 Å². The summed E-state index contributed by atoms with van der Waals surface area (Å²) in [5, 5.41) is 20.5. The summed E-state index contributed by atoms with van der Waals surface area (Å²) in [6.45, 7) is 8.41. The molecule has 0 saturated heterocycles. The Kier molecular flexibility index (Phi) is 9.68. The zero-order chi connectivity index (χ0) is 20.6. The van der Waals surface area contributed by atoms with Gasteiger partial charge >= 0.3 is 0 Å². The maximum absolute atomic E-state index is 5.24. The van der Waals surface area contributed by atoms with E-state index in [0.29, 0.717) is 35.0 Å². The van der Waals surface area contributed by atoms with E-state index in [1.807, 2.05) is 21.1 Å². The highest BCUT2D eigenvalue weighted by Crippen LogP contribution is 2.27. The van der Waals surface area contributed by atoms with Crippen LogP contribution in [-0.4, -0.2) is 36.5 Å². The predicted octanol–water partition coefficient (Wildman–Crippen LogP) is 1.39. The number of hydrogen-bond acceptors (Lipinski definition) is 3. The van der Waals surface area contributed by atoms with Gasteiger partial charge < -0.3 is 31.9 Å². The number of thiocarbonyl (C=S) groups is 3. The molecule has 6 N–H and O–H groups in total. The van der Waals surface area contributed by atoms with Gasteiger partial charge in [0, 0.05) is 40.8 Å². The van der Waals surface area contributed by atoms with Gasteiger partial charge in [-0.1, -0.05) is 0 Å². The molecule has 1 rings (SSSR count). The van der Waals surface area contributed by atoms with Crippen LogP contribution >= 0.6 is 36.7 Å². The lowest BCUT2D eigenvalue weighted by atomic mass is 9.88. The largest absolute Gasteiger partial charge is 0.366 e. The van der Waals surface area contributed by atoms with Gasteiger partial charge in [0.25, 0.3) is 0 Å². The van der Waals surface area contributed by atoms with Crippen molar-refractivity contribution in [2.75, 3.05) is 21.1 Å². The lowest BCUT2D eigenvalue weighted by Crippen LogP contribution is -2.35. The van der Waals surface area contributed by atoms with E-state index in [1.165, 1.54) is 33.4 Å². The molecule has 0 spiro atoms. The van der Waals surface area contributed by atoms with Gasteiger partial charge in [-0.15, -0.1) is 0 Å². The maximum Gasteiger partial charge on any atom is 0.166 e. The van der Waals surface area contributed by atoms with Crippen molar-refractivity contribution in [2.45, 2.75) is 40.4 Å². The summed E-state index contributed by atoms with van der Waals surface area (Å²) in [5.74, 6) is 0. The first-order chi connectivity index (χ1) is 12.8. The third-order valence-corrected chi connectivity index (χ3v) is 5.72. The van der Waals surface area contributed by atoms with Gasteiger partial charge in [-0.05, 0) is 90.8 Å². The summed E-state index contributed by atoms with van der Waals surface area (Å²) < 4.78 is 0. The molecule has 1 aromatic carbocycles. The molecule has 150 valence electrons. The minimum atomic E-state index is 0.626. The van der Waals surface area contributed by atoms with Crippen LogP contribution in [0.25, 0.3) is 0 Å². The fraction of sp³-hybridized carbons (Fsp3) is 0.500. The van der Waals surface area contributed by atoms with Crippen molar-refractivity contribution < 1.29 is 0 Å². The second-order valence-corrected chi connectivity index (χ2v) is 7.33. The summed E-state index contributed by atoms with van der Waals surface area (Å²) in [5.41, 5.74) is 7.42. The Hall–Kier alpha value is -1.71. The summed E-state index contributed by atoms with van der Waals surface area (Å²) in [7, 11) is 5.44. The first-order valence-corrected chi connectivity index (χ1v) is 9.96. The molecule has 0 aliphatic rings. The molecule has 0 amide bonds. The molecule has 6 nitrogen and oxygen atoms in total. The molecule has 0 unspecified atom stereocenters. The number of rotatable bonds is 6. The Bertz CT molecular complexity index is 601. The highest BCUT2D eigenvalue weighted by atomic mass is 32.1. The molecular formula is C18H30N6S3. The first-order valence-electron chi connectivity index (χ1n) is 8.73. The predicted molar refractivity (Wildman–Crippen MR) is 126 cm³/mol. The Balaban J connectivity index is 3.31. The molecule has 0 atom stereocenters. The second kappa shape index (κ2) is 11.2. The molecule has 27 heavy (non-hydrogen) atoms. The minimum absolute atomic E-state index is 0.626. The molecule has 0 heterocycles. The van der Waals surface area contributed by atoms with Crippen molar-refractivity contribution in [3.63, 3.8) is 0 Å². The second-order valence-electron chi connectivity index (χ2n) is 6.11. The van der Waals surface area contributed by atoms with Gasteiger partial charge in [0.15, 0.2) is 15.3 Å². The van der Waals surface area contributed by atoms with Crippen molar-refractivity contribution in [2.24, 2.45) is 0 Å². The van der Waals surface area contributed by atoms with Crippen LogP contribution in [0.4, 0.5) is 0 Å². The van der Waals surface area contributed by atoms with E-state index in [2.05, 4.69) is 52.7 Å². The van der Waals surface area contributed by atoms with Gasteiger partial charge in [0.2, 0.25) is 0 Å². The molecule has 0 bridgehead atoms. The van der Waals surface area contributed by atoms with E-state index in [4.69, 9.17) is 36.7 Å². The molecule has 9 heteroatoms. The van der Waals surface area contributed by atoms with E-state index < -0.39 is 0 Å². The van der Waals surface area contributed by atoms with E-state index in [1.54, 1.807) is 0 Å². The number of nitrogens with one attached hydrogen (secondary N) is 6. The number of hydrogen-bond donors (Lipinski definition) is 6. The van der Waals surface area contributed by atoms with Gasteiger partial charge in [0.1, 0.15) is 0 Å². The average Bonchev–Trinajstić information content (AvgIpc) is 2.66. The van der Waals surface area contributed by atoms with Gasteiger partial charge in [-0.25, -0.2) is 0 Å². The van der Waals surface area contributed by atoms with Crippen LogP contribution in [0.5, 0.6) is 0 Å². The fourth-order valence-electron chi connectivity index (χ4n) is 2.96. The van der Waals surface area contributed by atoms with E-state index >= 15 is 0 Å². The highest BCUT2D eigenvalue weighted by molar-refractivity contribution is 7.80.